The van der Waals surface area contributed by atoms with Crippen LogP contribution in [0.1, 0.15) is 44.4 Å². The quantitative estimate of drug-likeness (QED) is 0.616. The number of ether oxygens (including phenoxy) is 1. The Kier molecular flexibility index (Phi) is 9.81. The summed E-state index contributed by atoms with van der Waals surface area (Å²) in [6.45, 7) is 8.66. The zero-order chi connectivity index (χ0) is 15.5. The van der Waals surface area contributed by atoms with E-state index in [1.54, 1.807) is 7.11 Å². The molecule has 21 heavy (non-hydrogen) atoms. The van der Waals surface area contributed by atoms with Crippen molar-refractivity contribution in [2.24, 2.45) is 5.92 Å². The highest BCUT2D eigenvalue weighted by molar-refractivity contribution is 7.99. The average Bonchev–Trinajstić information content (AvgIpc) is 2.47. The summed E-state index contributed by atoms with van der Waals surface area (Å²) in [5, 5.41) is 3.66. The lowest BCUT2D eigenvalue weighted by Gasteiger charge is -2.19. The molecule has 3 heteroatoms. The van der Waals surface area contributed by atoms with Gasteiger partial charge in [0, 0.05) is 24.7 Å². The van der Waals surface area contributed by atoms with E-state index in [0.717, 1.165) is 37.0 Å². The van der Waals surface area contributed by atoms with Crippen LogP contribution in [0.2, 0.25) is 0 Å². The molecule has 0 radical (unpaired) electrons. The van der Waals surface area contributed by atoms with Crippen LogP contribution >= 0.6 is 11.8 Å². The third-order valence-corrected chi connectivity index (χ3v) is 4.41. The fourth-order valence-corrected chi connectivity index (χ4v) is 3.29. The molecule has 1 aromatic rings. The molecule has 1 unspecified atom stereocenters. The lowest BCUT2D eigenvalue weighted by atomic mass is 10.00. The van der Waals surface area contributed by atoms with Gasteiger partial charge in [0.15, 0.2) is 0 Å². The molecule has 0 heterocycles. The number of benzene rings is 1. The first-order valence-corrected chi connectivity index (χ1v) is 9.21. The van der Waals surface area contributed by atoms with Gasteiger partial charge in [-0.1, -0.05) is 45.0 Å². The van der Waals surface area contributed by atoms with Crippen molar-refractivity contribution in [3.8, 4) is 0 Å². The van der Waals surface area contributed by atoms with E-state index in [1.807, 2.05) is 11.8 Å². The SMILES string of the molecule is CCCNC(CSCCOC)c1ccc(CC(C)C)cc1. The van der Waals surface area contributed by atoms with Gasteiger partial charge in [0.05, 0.1) is 6.61 Å². The Hall–Kier alpha value is -0.510. The molecular weight excluding hydrogens is 278 g/mol. The highest BCUT2D eigenvalue weighted by Gasteiger charge is 2.10. The number of hydrogen-bond acceptors (Lipinski definition) is 3. The van der Waals surface area contributed by atoms with Crippen molar-refractivity contribution in [3.05, 3.63) is 35.4 Å². The van der Waals surface area contributed by atoms with Gasteiger partial charge in [-0.3, -0.25) is 0 Å². The Balaban J connectivity index is 2.59. The summed E-state index contributed by atoms with van der Waals surface area (Å²) in [4.78, 5) is 0. The van der Waals surface area contributed by atoms with Crippen LogP contribution in [-0.2, 0) is 11.2 Å². The van der Waals surface area contributed by atoms with Gasteiger partial charge in [-0.2, -0.15) is 11.8 Å². The molecule has 1 atom stereocenters. The Labute approximate surface area is 135 Å². The molecule has 0 spiro atoms. The lowest BCUT2D eigenvalue weighted by Crippen LogP contribution is -2.24. The van der Waals surface area contributed by atoms with Gasteiger partial charge in [0.2, 0.25) is 0 Å². The topological polar surface area (TPSA) is 21.3 Å². The van der Waals surface area contributed by atoms with E-state index in [1.165, 1.54) is 17.5 Å². The Morgan fingerprint density at radius 3 is 2.48 bits per heavy atom. The maximum Gasteiger partial charge on any atom is 0.0552 e. The van der Waals surface area contributed by atoms with Crippen molar-refractivity contribution >= 4 is 11.8 Å². The molecule has 0 aliphatic carbocycles. The van der Waals surface area contributed by atoms with E-state index in [-0.39, 0.29) is 0 Å². The second-order valence-corrected chi connectivity index (χ2v) is 7.06. The van der Waals surface area contributed by atoms with Gasteiger partial charge in [-0.05, 0) is 36.4 Å². The first-order valence-electron chi connectivity index (χ1n) is 8.06. The Bertz CT molecular complexity index is 364. The van der Waals surface area contributed by atoms with Crippen molar-refractivity contribution in [2.75, 3.05) is 31.8 Å². The molecule has 0 saturated heterocycles. The summed E-state index contributed by atoms with van der Waals surface area (Å²) >= 11 is 1.96. The van der Waals surface area contributed by atoms with Crippen molar-refractivity contribution < 1.29 is 4.74 Å². The average molecular weight is 310 g/mol. The lowest BCUT2D eigenvalue weighted by molar-refractivity contribution is 0.218. The Morgan fingerprint density at radius 1 is 1.19 bits per heavy atom. The number of rotatable bonds is 11. The predicted octanol–water partition coefficient (Wildman–Crippen LogP) is 4.31. The second kappa shape index (κ2) is 11.1. The van der Waals surface area contributed by atoms with Gasteiger partial charge >= 0.3 is 0 Å². The number of nitrogens with one attached hydrogen (secondary N) is 1. The van der Waals surface area contributed by atoms with Crippen LogP contribution in [-0.4, -0.2) is 31.8 Å². The van der Waals surface area contributed by atoms with Crippen molar-refractivity contribution in [1.29, 1.82) is 0 Å². The molecule has 1 N–H and O–H groups in total. The third kappa shape index (κ3) is 7.89. The molecule has 0 aromatic heterocycles. The molecule has 0 aliphatic rings. The molecule has 0 bridgehead atoms. The molecule has 2 nitrogen and oxygen atoms in total. The van der Waals surface area contributed by atoms with Crippen LogP contribution in [0.4, 0.5) is 0 Å². The smallest absolute Gasteiger partial charge is 0.0552 e. The third-order valence-electron chi connectivity index (χ3n) is 3.38. The summed E-state index contributed by atoms with van der Waals surface area (Å²) in [7, 11) is 1.76. The van der Waals surface area contributed by atoms with E-state index in [2.05, 4.69) is 50.4 Å². The molecule has 1 rings (SSSR count). The van der Waals surface area contributed by atoms with E-state index < -0.39 is 0 Å². The number of methoxy groups -OCH3 is 1. The largest absolute Gasteiger partial charge is 0.384 e. The highest BCUT2D eigenvalue weighted by Crippen LogP contribution is 2.20. The molecule has 1 aromatic carbocycles. The summed E-state index contributed by atoms with van der Waals surface area (Å²) in [5.41, 5.74) is 2.84. The van der Waals surface area contributed by atoms with Crippen LogP contribution in [0.3, 0.4) is 0 Å². The molecule has 0 amide bonds. The van der Waals surface area contributed by atoms with Crippen molar-refractivity contribution in [2.45, 2.75) is 39.7 Å². The predicted molar refractivity (Wildman–Crippen MR) is 95.2 cm³/mol. The summed E-state index contributed by atoms with van der Waals surface area (Å²) < 4.78 is 5.12. The van der Waals surface area contributed by atoms with Gasteiger partial charge in [-0.15, -0.1) is 0 Å². The van der Waals surface area contributed by atoms with Gasteiger partial charge in [0.1, 0.15) is 0 Å². The fraction of sp³-hybridized carbons (Fsp3) is 0.667. The van der Waals surface area contributed by atoms with Crippen molar-refractivity contribution in [1.82, 2.24) is 5.32 Å². The van der Waals surface area contributed by atoms with E-state index in [4.69, 9.17) is 4.74 Å². The standard InChI is InChI=1S/C18H31NOS/c1-5-10-19-18(14-21-12-11-20-4)17-8-6-16(7-9-17)13-15(2)3/h6-9,15,18-19H,5,10-14H2,1-4H3. The van der Waals surface area contributed by atoms with Crippen molar-refractivity contribution in [3.63, 3.8) is 0 Å². The number of thioether (sulfide) groups is 1. The van der Waals surface area contributed by atoms with E-state index in [9.17, 15) is 0 Å². The first-order chi connectivity index (χ1) is 10.2. The second-order valence-electron chi connectivity index (χ2n) is 5.91. The van der Waals surface area contributed by atoms with Gasteiger partial charge in [0.25, 0.3) is 0 Å². The minimum Gasteiger partial charge on any atom is -0.384 e. The Morgan fingerprint density at radius 2 is 1.90 bits per heavy atom. The van der Waals surface area contributed by atoms with Crippen LogP contribution in [0.25, 0.3) is 0 Å². The van der Waals surface area contributed by atoms with Gasteiger partial charge in [-0.25, -0.2) is 0 Å². The zero-order valence-corrected chi connectivity index (χ0v) is 14.8. The molecule has 0 aliphatic heterocycles. The maximum absolute atomic E-state index is 5.12. The summed E-state index contributed by atoms with van der Waals surface area (Å²) in [6.07, 6.45) is 2.33. The summed E-state index contributed by atoms with van der Waals surface area (Å²) in [5.74, 6) is 2.88. The minimum absolute atomic E-state index is 0.444. The van der Waals surface area contributed by atoms with Crippen LogP contribution in [0.5, 0.6) is 0 Å². The monoisotopic (exact) mass is 309 g/mol. The highest BCUT2D eigenvalue weighted by atomic mass is 32.2. The minimum atomic E-state index is 0.444. The summed E-state index contributed by atoms with van der Waals surface area (Å²) in [6, 6.07) is 9.61. The first kappa shape index (κ1) is 18.5. The number of hydrogen-bond donors (Lipinski definition) is 1. The van der Waals surface area contributed by atoms with E-state index in [0.29, 0.717) is 6.04 Å². The normalized spacial score (nSPS) is 12.8. The molecule has 0 saturated carbocycles. The fourth-order valence-electron chi connectivity index (χ4n) is 2.29. The molecule has 0 fully saturated rings. The zero-order valence-electron chi connectivity index (χ0n) is 14.0. The van der Waals surface area contributed by atoms with Crippen LogP contribution in [0, 0.1) is 5.92 Å². The molecular formula is C18H31NOS. The van der Waals surface area contributed by atoms with E-state index >= 15 is 0 Å². The van der Waals surface area contributed by atoms with Gasteiger partial charge < -0.3 is 10.1 Å². The van der Waals surface area contributed by atoms with Crippen LogP contribution in [0.15, 0.2) is 24.3 Å². The maximum atomic E-state index is 5.12. The molecule has 120 valence electrons. The van der Waals surface area contributed by atoms with Crippen LogP contribution < -0.4 is 5.32 Å².